The maximum absolute atomic E-state index is 12.6. The molecular weight excluding hydrogens is 270 g/mol. The van der Waals surface area contributed by atoms with E-state index in [4.69, 9.17) is 4.52 Å². The van der Waals surface area contributed by atoms with Crippen LogP contribution in [-0.2, 0) is 16.0 Å². The van der Waals surface area contributed by atoms with E-state index < -0.39 is 5.54 Å². The van der Waals surface area contributed by atoms with E-state index in [1.165, 1.54) is 0 Å². The predicted octanol–water partition coefficient (Wildman–Crippen LogP) is 1.14. The number of aromatic nitrogens is 1. The van der Waals surface area contributed by atoms with Crippen molar-refractivity contribution in [3.05, 3.63) is 17.5 Å². The Labute approximate surface area is 124 Å². The molecule has 6 heteroatoms. The highest BCUT2D eigenvalue weighted by Crippen LogP contribution is 2.38. The summed E-state index contributed by atoms with van der Waals surface area (Å²) in [6.07, 6.45) is 3.57. The van der Waals surface area contributed by atoms with Gasteiger partial charge in [0.15, 0.2) is 0 Å². The molecule has 0 N–H and O–H groups in total. The molecule has 2 amide bonds. The maximum Gasteiger partial charge on any atom is 0.248 e. The number of hydrogen-bond acceptors (Lipinski definition) is 4. The topological polar surface area (TPSA) is 66.7 Å². The van der Waals surface area contributed by atoms with Crippen LogP contribution >= 0.6 is 0 Å². The second-order valence-corrected chi connectivity index (χ2v) is 6.12. The summed E-state index contributed by atoms with van der Waals surface area (Å²) in [5, 5.41) is 3.81. The van der Waals surface area contributed by atoms with Gasteiger partial charge in [0.1, 0.15) is 11.3 Å². The Balaban J connectivity index is 1.80. The van der Waals surface area contributed by atoms with Crippen molar-refractivity contribution in [1.82, 2.24) is 15.0 Å². The van der Waals surface area contributed by atoms with Crippen LogP contribution in [0.5, 0.6) is 0 Å². The van der Waals surface area contributed by atoms with Crippen LogP contribution in [0.3, 0.4) is 0 Å². The first-order valence-electron chi connectivity index (χ1n) is 7.51. The van der Waals surface area contributed by atoms with Crippen molar-refractivity contribution in [3.63, 3.8) is 0 Å². The molecule has 0 saturated carbocycles. The molecule has 0 aliphatic carbocycles. The van der Waals surface area contributed by atoms with Gasteiger partial charge in [-0.3, -0.25) is 9.59 Å². The number of hydrogen-bond donors (Lipinski definition) is 0. The summed E-state index contributed by atoms with van der Waals surface area (Å²) in [7, 11) is 1.82. The van der Waals surface area contributed by atoms with Crippen LogP contribution in [0.4, 0.5) is 0 Å². The number of likely N-dealkylation sites (N-methyl/N-ethyl adjacent to an activating group) is 1. The number of piperidine rings is 1. The Kier molecular flexibility index (Phi) is 3.47. The van der Waals surface area contributed by atoms with E-state index in [9.17, 15) is 9.59 Å². The van der Waals surface area contributed by atoms with Gasteiger partial charge in [0, 0.05) is 26.2 Å². The van der Waals surface area contributed by atoms with Crippen LogP contribution in [0.2, 0.25) is 0 Å². The van der Waals surface area contributed by atoms with Crippen LogP contribution in [-0.4, -0.2) is 52.4 Å². The lowest BCUT2D eigenvalue weighted by atomic mass is 9.85. The largest absolute Gasteiger partial charge is 0.361 e. The Bertz CT molecular complexity index is 568. The average Bonchev–Trinajstić information content (AvgIpc) is 3.03. The molecule has 1 atom stereocenters. The van der Waals surface area contributed by atoms with Gasteiger partial charge in [-0.1, -0.05) is 5.16 Å². The molecule has 2 fully saturated rings. The molecular formula is C15H21N3O3. The van der Waals surface area contributed by atoms with Gasteiger partial charge in [0.2, 0.25) is 11.8 Å². The highest BCUT2D eigenvalue weighted by Gasteiger charge is 2.51. The number of likely N-dealkylation sites (tertiary alicyclic amines) is 2. The molecule has 0 radical (unpaired) electrons. The second-order valence-electron chi connectivity index (χ2n) is 6.12. The normalized spacial score (nSPS) is 25.9. The summed E-state index contributed by atoms with van der Waals surface area (Å²) in [6.45, 7) is 3.27. The monoisotopic (exact) mass is 291 g/mol. The first-order chi connectivity index (χ1) is 10.0. The molecule has 6 nitrogen and oxygen atoms in total. The lowest BCUT2D eigenvalue weighted by Gasteiger charge is -2.43. The Morgan fingerprint density at radius 2 is 2.10 bits per heavy atom. The van der Waals surface area contributed by atoms with E-state index >= 15 is 0 Å². The first-order valence-corrected chi connectivity index (χ1v) is 7.51. The van der Waals surface area contributed by atoms with Gasteiger partial charge in [-0.15, -0.1) is 0 Å². The minimum atomic E-state index is -0.612. The van der Waals surface area contributed by atoms with Gasteiger partial charge < -0.3 is 14.3 Å². The molecule has 114 valence electrons. The molecule has 0 bridgehead atoms. The van der Waals surface area contributed by atoms with Crippen LogP contribution in [0.25, 0.3) is 0 Å². The number of carbonyl (C=O) groups is 2. The van der Waals surface area contributed by atoms with Gasteiger partial charge in [-0.05, 0) is 32.6 Å². The third-order valence-corrected chi connectivity index (χ3v) is 4.62. The number of carbonyl (C=O) groups excluding carboxylic acids is 2. The third-order valence-electron chi connectivity index (χ3n) is 4.62. The average molecular weight is 291 g/mol. The zero-order chi connectivity index (χ0) is 15.0. The van der Waals surface area contributed by atoms with Gasteiger partial charge in [-0.25, -0.2) is 0 Å². The standard InChI is InChI=1S/C15H21N3O3/c1-11-9-12(21-16-11)10-13(19)18-8-4-6-15(18)5-3-7-17(2)14(15)20/h9H,3-8,10H2,1-2H3. The Morgan fingerprint density at radius 3 is 2.76 bits per heavy atom. The summed E-state index contributed by atoms with van der Waals surface area (Å²) in [6, 6.07) is 1.77. The number of rotatable bonds is 2. The zero-order valence-corrected chi connectivity index (χ0v) is 12.6. The van der Waals surface area contributed by atoms with Crippen molar-refractivity contribution in [2.45, 2.75) is 44.6 Å². The molecule has 1 unspecified atom stereocenters. The van der Waals surface area contributed by atoms with Crippen molar-refractivity contribution >= 4 is 11.8 Å². The van der Waals surface area contributed by atoms with E-state index in [2.05, 4.69) is 5.16 Å². The third kappa shape index (κ3) is 2.32. The van der Waals surface area contributed by atoms with Crippen LogP contribution in [0.1, 0.15) is 37.1 Å². The fourth-order valence-corrected chi connectivity index (χ4v) is 3.64. The summed E-state index contributed by atoms with van der Waals surface area (Å²) in [5.74, 6) is 0.622. The fraction of sp³-hybridized carbons (Fsp3) is 0.667. The van der Waals surface area contributed by atoms with Gasteiger partial charge >= 0.3 is 0 Å². The molecule has 3 rings (SSSR count). The van der Waals surface area contributed by atoms with Crippen LogP contribution in [0.15, 0.2) is 10.6 Å². The van der Waals surface area contributed by atoms with E-state index in [0.29, 0.717) is 12.3 Å². The van der Waals surface area contributed by atoms with Crippen LogP contribution in [0, 0.1) is 6.92 Å². The lowest BCUT2D eigenvalue weighted by Crippen LogP contribution is -2.60. The molecule has 3 heterocycles. The molecule has 2 aliphatic heterocycles. The molecule has 2 saturated heterocycles. The molecule has 21 heavy (non-hydrogen) atoms. The minimum absolute atomic E-state index is 0.0349. The molecule has 0 aromatic carbocycles. The molecule has 1 spiro atoms. The second kappa shape index (κ2) is 5.16. The maximum atomic E-state index is 12.6. The van der Waals surface area contributed by atoms with Gasteiger partial charge in [0.05, 0.1) is 12.1 Å². The summed E-state index contributed by atoms with van der Waals surface area (Å²) < 4.78 is 5.13. The van der Waals surface area contributed by atoms with Crippen molar-refractivity contribution < 1.29 is 14.1 Å². The van der Waals surface area contributed by atoms with E-state index in [-0.39, 0.29) is 18.2 Å². The van der Waals surface area contributed by atoms with Gasteiger partial charge in [-0.2, -0.15) is 0 Å². The van der Waals surface area contributed by atoms with E-state index in [1.54, 1.807) is 15.9 Å². The number of nitrogens with zero attached hydrogens (tertiary/aromatic N) is 3. The highest BCUT2D eigenvalue weighted by molar-refractivity contribution is 5.93. The summed E-state index contributed by atoms with van der Waals surface area (Å²) in [4.78, 5) is 28.8. The molecule has 1 aromatic rings. The Hall–Kier alpha value is -1.85. The van der Waals surface area contributed by atoms with Crippen molar-refractivity contribution in [2.75, 3.05) is 20.1 Å². The smallest absolute Gasteiger partial charge is 0.248 e. The van der Waals surface area contributed by atoms with Crippen LogP contribution < -0.4 is 0 Å². The highest BCUT2D eigenvalue weighted by atomic mass is 16.5. The fourth-order valence-electron chi connectivity index (χ4n) is 3.64. The number of aryl methyl sites for hydroxylation is 1. The Morgan fingerprint density at radius 1 is 1.38 bits per heavy atom. The van der Waals surface area contributed by atoms with E-state index in [1.807, 2.05) is 14.0 Å². The van der Waals surface area contributed by atoms with Gasteiger partial charge in [0.25, 0.3) is 0 Å². The quantitative estimate of drug-likeness (QED) is 0.819. The van der Waals surface area contributed by atoms with Crippen molar-refractivity contribution in [2.24, 2.45) is 0 Å². The number of amides is 2. The SMILES string of the molecule is Cc1cc(CC(=O)N2CCCC23CCCN(C)C3=O)on1. The predicted molar refractivity (Wildman–Crippen MR) is 75.5 cm³/mol. The lowest BCUT2D eigenvalue weighted by molar-refractivity contribution is -0.154. The van der Waals surface area contributed by atoms with E-state index in [0.717, 1.165) is 37.9 Å². The summed E-state index contributed by atoms with van der Waals surface area (Å²) in [5.41, 5.74) is 0.154. The zero-order valence-electron chi connectivity index (χ0n) is 12.6. The first kappa shape index (κ1) is 14.1. The minimum Gasteiger partial charge on any atom is -0.361 e. The van der Waals surface area contributed by atoms with Crippen molar-refractivity contribution in [1.29, 1.82) is 0 Å². The molecule has 1 aromatic heterocycles. The molecule has 2 aliphatic rings. The summed E-state index contributed by atoms with van der Waals surface area (Å²) >= 11 is 0. The van der Waals surface area contributed by atoms with Crippen molar-refractivity contribution in [3.8, 4) is 0 Å².